The maximum Gasteiger partial charge on any atom is 0.228 e. The standard InChI is InChI=1S/C22H31FN4O2/c1-16-5-6-20(19(23)12-16)27-14-17(13-21(27)28)22(29)26-10-8-25(9-11-26)18-4-3-7-24(2)15-18/h5-6,12,17-18H,3-4,7-11,13-15H2,1-2H3. The van der Waals surface area contributed by atoms with Gasteiger partial charge in [0.15, 0.2) is 0 Å². The molecule has 0 saturated carbocycles. The van der Waals surface area contributed by atoms with Crippen molar-refractivity contribution in [1.82, 2.24) is 14.7 Å². The maximum atomic E-state index is 14.3. The fraction of sp³-hybridized carbons (Fsp3) is 0.636. The Labute approximate surface area is 172 Å². The third-order valence-corrected chi connectivity index (χ3v) is 6.61. The van der Waals surface area contributed by atoms with Crippen LogP contribution in [0.5, 0.6) is 0 Å². The molecule has 1 aromatic rings. The Kier molecular flexibility index (Phi) is 5.88. The van der Waals surface area contributed by atoms with E-state index in [1.165, 1.54) is 30.4 Å². The fourth-order valence-corrected chi connectivity index (χ4v) is 4.94. The van der Waals surface area contributed by atoms with Crippen LogP contribution in [-0.4, -0.2) is 85.4 Å². The lowest BCUT2D eigenvalue weighted by atomic mass is 10.0. The molecule has 2 amide bonds. The SMILES string of the molecule is Cc1ccc(N2CC(C(=O)N3CCN(C4CCCN(C)C4)CC3)CC2=O)c(F)c1. The van der Waals surface area contributed by atoms with Crippen LogP contribution in [0.3, 0.4) is 0 Å². The molecule has 0 aliphatic carbocycles. The van der Waals surface area contributed by atoms with Gasteiger partial charge in [0.1, 0.15) is 5.82 Å². The van der Waals surface area contributed by atoms with Crippen molar-refractivity contribution in [2.75, 3.05) is 57.8 Å². The molecule has 3 heterocycles. The second-order valence-electron chi connectivity index (χ2n) is 8.78. The summed E-state index contributed by atoms with van der Waals surface area (Å²) >= 11 is 0. The van der Waals surface area contributed by atoms with Crippen molar-refractivity contribution in [2.24, 2.45) is 5.92 Å². The summed E-state index contributed by atoms with van der Waals surface area (Å²) in [7, 11) is 2.17. The number of benzene rings is 1. The largest absolute Gasteiger partial charge is 0.340 e. The van der Waals surface area contributed by atoms with Crippen LogP contribution in [0.4, 0.5) is 10.1 Å². The van der Waals surface area contributed by atoms with Crippen LogP contribution in [-0.2, 0) is 9.59 Å². The van der Waals surface area contributed by atoms with Gasteiger partial charge in [-0.2, -0.15) is 0 Å². The number of carbonyl (C=O) groups is 2. The molecule has 158 valence electrons. The number of aryl methyl sites for hydroxylation is 1. The van der Waals surface area contributed by atoms with E-state index < -0.39 is 5.82 Å². The van der Waals surface area contributed by atoms with E-state index in [4.69, 9.17) is 0 Å². The van der Waals surface area contributed by atoms with E-state index in [2.05, 4.69) is 16.8 Å². The van der Waals surface area contributed by atoms with E-state index in [1.54, 1.807) is 12.1 Å². The molecule has 3 fully saturated rings. The van der Waals surface area contributed by atoms with Gasteiger partial charge in [-0.05, 0) is 51.1 Å². The molecule has 2 unspecified atom stereocenters. The highest BCUT2D eigenvalue weighted by Crippen LogP contribution is 2.29. The van der Waals surface area contributed by atoms with Crippen molar-refractivity contribution in [3.63, 3.8) is 0 Å². The molecule has 6 nitrogen and oxygen atoms in total. The van der Waals surface area contributed by atoms with E-state index >= 15 is 0 Å². The lowest BCUT2D eigenvalue weighted by Gasteiger charge is -2.43. The normalized spacial score (nSPS) is 26.9. The number of likely N-dealkylation sites (N-methyl/N-ethyl adjacent to an activating group) is 1. The van der Waals surface area contributed by atoms with Gasteiger partial charge in [0.2, 0.25) is 11.8 Å². The lowest BCUT2D eigenvalue weighted by molar-refractivity contribution is -0.138. The van der Waals surface area contributed by atoms with Crippen LogP contribution in [0.25, 0.3) is 0 Å². The summed E-state index contributed by atoms with van der Waals surface area (Å²) in [4.78, 5) is 33.7. The van der Waals surface area contributed by atoms with Gasteiger partial charge in [-0.25, -0.2) is 4.39 Å². The van der Waals surface area contributed by atoms with Crippen LogP contribution >= 0.6 is 0 Å². The van der Waals surface area contributed by atoms with Crippen LogP contribution in [0, 0.1) is 18.7 Å². The number of amides is 2. The number of piperidine rings is 1. The molecule has 29 heavy (non-hydrogen) atoms. The number of nitrogens with zero attached hydrogens (tertiary/aromatic N) is 4. The Bertz CT molecular complexity index is 778. The Balaban J connectivity index is 1.34. The second-order valence-corrected chi connectivity index (χ2v) is 8.78. The number of carbonyl (C=O) groups excluding carboxylic acids is 2. The molecule has 3 saturated heterocycles. The molecule has 4 rings (SSSR count). The summed E-state index contributed by atoms with van der Waals surface area (Å²) in [6, 6.07) is 5.44. The van der Waals surface area contributed by atoms with E-state index in [9.17, 15) is 14.0 Å². The zero-order valence-electron chi connectivity index (χ0n) is 17.4. The molecule has 0 radical (unpaired) electrons. The number of anilines is 1. The van der Waals surface area contributed by atoms with Gasteiger partial charge in [-0.3, -0.25) is 14.5 Å². The number of rotatable bonds is 3. The minimum Gasteiger partial charge on any atom is -0.340 e. The zero-order chi connectivity index (χ0) is 20.5. The average molecular weight is 403 g/mol. The number of halogens is 1. The van der Waals surface area contributed by atoms with Gasteiger partial charge in [-0.15, -0.1) is 0 Å². The smallest absolute Gasteiger partial charge is 0.228 e. The van der Waals surface area contributed by atoms with Gasteiger partial charge >= 0.3 is 0 Å². The molecule has 3 aliphatic heterocycles. The summed E-state index contributed by atoms with van der Waals surface area (Å²) in [5.41, 5.74) is 1.09. The quantitative estimate of drug-likeness (QED) is 0.773. The van der Waals surface area contributed by atoms with Crippen molar-refractivity contribution >= 4 is 17.5 Å². The summed E-state index contributed by atoms with van der Waals surface area (Å²) in [5, 5.41) is 0. The summed E-state index contributed by atoms with van der Waals surface area (Å²) in [6.07, 6.45) is 2.63. The molecule has 0 N–H and O–H groups in total. The molecule has 2 atom stereocenters. The first kappa shape index (κ1) is 20.3. The van der Waals surface area contributed by atoms with Crippen LogP contribution in [0.15, 0.2) is 18.2 Å². The first-order valence-electron chi connectivity index (χ1n) is 10.7. The van der Waals surface area contributed by atoms with Crippen LogP contribution < -0.4 is 4.90 Å². The Morgan fingerprint density at radius 3 is 2.55 bits per heavy atom. The van der Waals surface area contributed by atoms with E-state index in [-0.39, 0.29) is 36.4 Å². The van der Waals surface area contributed by atoms with Gasteiger partial charge < -0.3 is 14.7 Å². The first-order chi connectivity index (χ1) is 13.9. The molecule has 0 spiro atoms. The first-order valence-corrected chi connectivity index (χ1v) is 10.7. The summed E-state index contributed by atoms with van der Waals surface area (Å²) < 4.78 is 14.3. The number of hydrogen-bond donors (Lipinski definition) is 0. The summed E-state index contributed by atoms with van der Waals surface area (Å²) in [5.74, 6) is -0.920. The number of hydrogen-bond acceptors (Lipinski definition) is 4. The average Bonchev–Trinajstić information content (AvgIpc) is 3.09. The van der Waals surface area contributed by atoms with E-state index in [0.29, 0.717) is 19.1 Å². The monoisotopic (exact) mass is 402 g/mol. The third-order valence-electron chi connectivity index (χ3n) is 6.61. The molecular formula is C22H31FN4O2. The van der Waals surface area contributed by atoms with Gasteiger partial charge in [0.25, 0.3) is 0 Å². The van der Waals surface area contributed by atoms with Crippen molar-refractivity contribution in [2.45, 2.75) is 32.2 Å². The Morgan fingerprint density at radius 2 is 1.86 bits per heavy atom. The second kappa shape index (κ2) is 8.40. The van der Waals surface area contributed by atoms with E-state index in [0.717, 1.165) is 25.2 Å². The topological polar surface area (TPSA) is 47.1 Å². The van der Waals surface area contributed by atoms with Crippen LogP contribution in [0.1, 0.15) is 24.8 Å². The number of likely N-dealkylation sites (tertiary alicyclic amines) is 1. The maximum absolute atomic E-state index is 14.3. The molecular weight excluding hydrogens is 371 g/mol. The van der Waals surface area contributed by atoms with Gasteiger partial charge in [0, 0.05) is 51.7 Å². The minimum absolute atomic E-state index is 0.0359. The summed E-state index contributed by atoms with van der Waals surface area (Å²) in [6.45, 7) is 7.56. The zero-order valence-corrected chi connectivity index (χ0v) is 17.4. The van der Waals surface area contributed by atoms with Crippen molar-refractivity contribution in [3.05, 3.63) is 29.6 Å². The Morgan fingerprint density at radius 1 is 1.10 bits per heavy atom. The van der Waals surface area contributed by atoms with Crippen molar-refractivity contribution in [3.8, 4) is 0 Å². The minimum atomic E-state index is -0.405. The van der Waals surface area contributed by atoms with Crippen molar-refractivity contribution in [1.29, 1.82) is 0 Å². The highest BCUT2D eigenvalue weighted by atomic mass is 19.1. The highest BCUT2D eigenvalue weighted by Gasteiger charge is 2.39. The van der Waals surface area contributed by atoms with E-state index in [1.807, 2.05) is 11.8 Å². The highest BCUT2D eigenvalue weighted by molar-refractivity contribution is 6.00. The molecule has 0 bridgehead atoms. The molecule has 1 aromatic carbocycles. The molecule has 0 aromatic heterocycles. The fourth-order valence-electron chi connectivity index (χ4n) is 4.94. The van der Waals surface area contributed by atoms with Gasteiger partial charge in [-0.1, -0.05) is 6.07 Å². The number of piperazine rings is 1. The Hall–Kier alpha value is -1.99. The molecule has 7 heteroatoms. The molecule has 3 aliphatic rings. The lowest BCUT2D eigenvalue weighted by Crippen LogP contribution is -2.56. The third kappa shape index (κ3) is 4.31. The predicted molar refractivity (Wildman–Crippen MR) is 110 cm³/mol. The van der Waals surface area contributed by atoms with Crippen LogP contribution in [0.2, 0.25) is 0 Å². The van der Waals surface area contributed by atoms with Gasteiger partial charge in [0.05, 0.1) is 11.6 Å². The van der Waals surface area contributed by atoms with Crippen molar-refractivity contribution < 1.29 is 14.0 Å². The predicted octanol–water partition coefficient (Wildman–Crippen LogP) is 1.73.